The fraction of sp³-hybridized carbons (Fsp3) is 0.667. The van der Waals surface area contributed by atoms with Crippen LogP contribution < -0.4 is 10.6 Å². The van der Waals surface area contributed by atoms with Crippen LogP contribution in [-0.4, -0.2) is 41.5 Å². The molecular formula is C15H22N4O2S. The number of hydrogen-bond acceptors (Lipinski definition) is 4. The first-order chi connectivity index (χ1) is 10.7. The molecule has 6 nitrogen and oxygen atoms in total. The van der Waals surface area contributed by atoms with Gasteiger partial charge >= 0.3 is 6.03 Å². The van der Waals surface area contributed by atoms with Gasteiger partial charge in [-0.3, -0.25) is 10.1 Å². The van der Waals surface area contributed by atoms with E-state index < -0.39 is 0 Å². The zero-order valence-electron chi connectivity index (χ0n) is 12.8. The van der Waals surface area contributed by atoms with Gasteiger partial charge in [-0.05, 0) is 32.6 Å². The van der Waals surface area contributed by atoms with Crippen molar-refractivity contribution in [3.05, 3.63) is 11.2 Å². The minimum atomic E-state index is -0.111. The van der Waals surface area contributed by atoms with Crippen molar-refractivity contribution in [1.82, 2.24) is 15.2 Å². The highest BCUT2D eigenvalue weighted by molar-refractivity contribution is 7.14. The van der Waals surface area contributed by atoms with Crippen molar-refractivity contribution in [1.29, 1.82) is 0 Å². The number of urea groups is 1. The van der Waals surface area contributed by atoms with Gasteiger partial charge in [-0.25, -0.2) is 9.78 Å². The van der Waals surface area contributed by atoms with Crippen LogP contribution in [0.15, 0.2) is 5.51 Å². The summed E-state index contributed by atoms with van der Waals surface area (Å²) in [6.45, 7) is 3.75. The zero-order valence-corrected chi connectivity index (χ0v) is 13.6. The Balaban J connectivity index is 1.59. The lowest BCUT2D eigenvalue weighted by Gasteiger charge is -2.31. The second-order valence-corrected chi connectivity index (χ2v) is 6.81. The molecule has 1 aromatic rings. The Morgan fingerprint density at radius 1 is 1.41 bits per heavy atom. The Morgan fingerprint density at radius 3 is 2.95 bits per heavy atom. The van der Waals surface area contributed by atoms with Gasteiger partial charge in [0.25, 0.3) is 0 Å². The molecule has 7 heteroatoms. The van der Waals surface area contributed by atoms with Gasteiger partial charge in [-0.15, -0.1) is 11.3 Å². The molecule has 120 valence electrons. The summed E-state index contributed by atoms with van der Waals surface area (Å²) in [4.78, 5) is 30.5. The summed E-state index contributed by atoms with van der Waals surface area (Å²) in [6.07, 6.45) is 4.04. The van der Waals surface area contributed by atoms with Crippen molar-refractivity contribution >= 4 is 28.3 Å². The van der Waals surface area contributed by atoms with Crippen LogP contribution in [0, 0.1) is 5.92 Å². The second kappa shape index (κ2) is 6.64. The van der Waals surface area contributed by atoms with Crippen molar-refractivity contribution in [3.8, 4) is 0 Å². The van der Waals surface area contributed by atoms with Crippen LogP contribution in [0.5, 0.6) is 0 Å². The topological polar surface area (TPSA) is 74.3 Å². The number of nitrogens with one attached hydrogen (secondary N) is 2. The molecule has 2 N–H and O–H groups in total. The van der Waals surface area contributed by atoms with Crippen LogP contribution in [-0.2, 0) is 4.79 Å². The van der Waals surface area contributed by atoms with Gasteiger partial charge in [0, 0.05) is 25.6 Å². The Kier molecular flexibility index (Phi) is 4.61. The minimum Gasteiger partial charge on any atom is -0.356 e. The molecule has 1 aliphatic carbocycles. The van der Waals surface area contributed by atoms with Crippen LogP contribution >= 0.6 is 11.3 Å². The SMILES string of the molecule is CCNC(=O)C1CCCN(C(=O)Nc2scnc2C2CC2)C1. The van der Waals surface area contributed by atoms with Gasteiger partial charge in [-0.1, -0.05) is 0 Å². The third-order valence-electron chi connectivity index (χ3n) is 4.21. The van der Waals surface area contributed by atoms with E-state index in [4.69, 9.17) is 0 Å². The van der Waals surface area contributed by atoms with E-state index in [0.717, 1.165) is 36.4 Å². The molecule has 2 heterocycles. The smallest absolute Gasteiger partial charge is 0.322 e. The molecule has 22 heavy (non-hydrogen) atoms. The summed E-state index contributed by atoms with van der Waals surface area (Å²) in [5.74, 6) is 0.478. The predicted molar refractivity (Wildman–Crippen MR) is 86.1 cm³/mol. The van der Waals surface area contributed by atoms with E-state index in [1.807, 2.05) is 6.92 Å². The highest BCUT2D eigenvalue weighted by atomic mass is 32.1. The second-order valence-electron chi connectivity index (χ2n) is 5.95. The summed E-state index contributed by atoms with van der Waals surface area (Å²) in [5.41, 5.74) is 2.81. The Labute approximate surface area is 134 Å². The zero-order chi connectivity index (χ0) is 15.5. The molecule has 1 atom stereocenters. The molecule has 0 radical (unpaired) electrons. The molecule has 1 saturated heterocycles. The van der Waals surface area contributed by atoms with Crippen molar-refractivity contribution in [2.24, 2.45) is 5.92 Å². The van der Waals surface area contributed by atoms with E-state index in [9.17, 15) is 9.59 Å². The van der Waals surface area contributed by atoms with Crippen LogP contribution in [0.1, 0.15) is 44.2 Å². The van der Waals surface area contributed by atoms with E-state index in [1.165, 1.54) is 11.3 Å². The summed E-state index contributed by atoms with van der Waals surface area (Å²) >= 11 is 1.48. The van der Waals surface area contributed by atoms with Crippen molar-refractivity contribution < 1.29 is 9.59 Å². The molecule has 1 saturated carbocycles. The van der Waals surface area contributed by atoms with E-state index >= 15 is 0 Å². The molecule has 0 bridgehead atoms. The predicted octanol–water partition coefficient (Wildman–Crippen LogP) is 2.40. The molecule has 1 unspecified atom stereocenters. The summed E-state index contributed by atoms with van der Waals surface area (Å²) < 4.78 is 0. The lowest BCUT2D eigenvalue weighted by Crippen LogP contribution is -2.46. The highest BCUT2D eigenvalue weighted by Gasteiger charge is 2.31. The molecule has 0 aromatic carbocycles. The third-order valence-corrected chi connectivity index (χ3v) is 4.97. The van der Waals surface area contributed by atoms with Crippen LogP contribution in [0.3, 0.4) is 0 Å². The molecule has 1 aliphatic heterocycles. The summed E-state index contributed by atoms with van der Waals surface area (Å²) in [6, 6.07) is -0.111. The number of aromatic nitrogens is 1. The van der Waals surface area contributed by atoms with Gasteiger partial charge in [0.05, 0.1) is 17.1 Å². The Bertz CT molecular complexity index is 555. The number of rotatable bonds is 4. The molecule has 3 rings (SSSR count). The van der Waals surface area contributed by atoms with Gasteiger partial charge in [-0.2, -0.15) is 0 Å². The number of nitrogens with zero attached hydrogens (tertiary/aromatic N) is 2. The standard InChI is InChI=1S/C15H22N4O2S/c1-2-16-13(20)11-4-3-7-19(8-11)15(21)18-14-12(10-5-6-10)17-9-22-14/h9-11H,2-8H2,1H3,(H,16,20)(H,18,21). The van der Waals surface area contributed by atoms with E-state index in [2.05, 4.69) is 15.6 Å². The third kappa shape index (κ3) is 3.40. The molecule has 2 aliphatic rings. The Morgan fingerprint density at radius 2 is 2.23 bits per heavy atom. The first-order valence-corrected chi connectivity index (χ1v) is 8.84. The number of anilines is 1. The maximum absolute atomic E-state index is 12.4. The quantitative estimate of drug-likeness (QED) is 0.894. The van der Waals surface area contributed by atoms with Crippen LogP contribution in [0.4, 0.5) is 9.80 Å². The van der Waals surface area contributed by atoms with E-state index in [0.29, 0.717) is 25.6 Å². The van der Waals surface area contributed by atoms with Gasteiger partial charge in [0.15, 0.2) is 0 Å². The van der Waals surface area contributed by atoms with Gasteiger partial charge in [0.1, 0.15) is 5.00 Å². The monoisotopic (exact) mass is 322 g/mol. The number of piperidine rings is 1. The highest BCUT2D eigenvalue weighted by Crippen LogP contribution is 2.43. The Hall–Kier alpha value is -1.63. The molecule has 2 fully saturated rings. The average molecular weight is 322 g/mol. The molecular weight excluding hydrogens is 300 g/mol. The van der Waals surface area contributed by atoms with Crippen LogP contribution in [0.25, 0.3) is 0 Å². The summed E-state index contributed by atoms with van der Waals surface area (Å²) in [5, 5.41) is 6.70. The van der Waals surface area contributed by atoms with Gasteiger partial charge < -0.3 is 10.2 Å². The normalized spacial score (nSPS) is 21.5. The van der Waals surface area contributed by atoms with Gasteiger partial charge in [0.2, 0.25) is 5.91 Å². The molecule has 3 amide bonds. The average Bonchev–Trinajstić information content (AvgIpc) is 3.27. The van der Waals surface area contributed by atoms with Crippen molar-refractivity contribution in [2.75, 3.05) is 25.0 Å². The first-order valence-electron chi connectivity index (χ1n) is 7.96. The maximum atomic E-state index is 12.4. The molecule has 0 spiro atoms. The van der Waals surface area contributed by atoms with E-state index in [-0.39, 0.29) is 17.9 Å². The number of hydrogen-bond donors (Lipinski definition) is 2. The minimum absolute atomic E-state index is 0.0523. The number of amides is 3. The number of thiazole rings is 1. The number of likely N-dealkylation sites (tertiary alicyclic amines) is 1. The fourth-order valence-corrected chi connectivity index (χ4v) is 3.62. The lowest BCUT2D eigenvalue weighted by molar-refractivity contribution is -0.126. The molecule has 1 aromatic heterocycles. The maximum Gasteiger partial charge on any atom is 0.322 e. The van der Waals surface area contributed by atoms with Crippen molar-refractivity contribution in [3.63, 3.8) is 0 Å². The van der Waals surface area contributed by atoms with Crippen molar-refractivity contribution in [2.45, 2.75) is 38.5 Å². The first kappa shape index (κ1) is 15.3. The van der Waals surface area contributed by atoms with E-state index in [1.54, 1.807) is 10.4 Å². The van der Waals surface area contributed by atoms with Crippen LogP contribution in [0.2, 0.25) is 0 Å². The largest absolute Gasteiger partial charge is 0.356 e. The fourth-order valence-electron chi connectivity index (χ4n) is 2.87. The lowest BCUT2D eigenvalue weighted by atomic mass is 9.97. The summed E-state index contributed by atoms with van der Waals surface area (Å²) in [7, 11) is 0. The number of carbonyl (C=O) groups excluding carboxylic acids is 2. The number of carbonyl (C=O) groups is 2.